The van der Waals surface area contributed by atoms with Crippen LogP contribution in [0.25, 0.3) is 0 Å². The predicted molar refractivity (Wildman–Crippen MR) is 107 cm³/mol. The predicted octanol–water partition coefficient (Wildman–Crippen LogP) is 1.84. The topological polar surface area (TPSA) is 80.4 Å². The average Bonchev–Trinajstić information content (AvgIpc) is 3.13. The molecule has 1 amide bonds. The van der Waals surface area contributed by atoms with Gasteiger partial charge in [0.25, 0.3) is 5.91 Å². The maximum absolute atomic E-state index is 13.2. The molecular formula is C19H29N5O3S. The van der Waals surface area contributed by atoms with Crippen molar-refractivity contribution < 1.29 is 13.2 Å². The highest BCUT2D eigenvalue weighted by molar-refractivity contribution is 7.88. The zero-order valence-corrected chi connectivity index (χ0v) is 17.9. The molecule has 1 aliphatic rings. The summed E-state index contributed by atoms with van der Waals surface area (Å²) in [5, 5.41) is 4.46. The van der Waals surface area contributed by atoms with E-state index in [2.05, 4.69) is 5.10 Å². The fourth-order valence-electron chi connectivity index (χ4n) is 3.62. The largest absolute Gasteiger partial charge is 0.339 e. The third kappa shape index (κ3) is 4.15. The number of hydrogen-bond donors (Lipinski definition) is 0. The van der Waals surface area contributed by atoms with Gasteiger partial charge >= 0.3 is 0 Å². The molecule has 0 spiro atoms. The van der Waals surface area contributed by atoms with Crippen molar-refractivity contribution in [1.29, 1.82) is 0 Å². The smallest absolute Gasteiger partial charge is 0.270 e. The van der Waals surface area contributed by atoms with E-state index >= 15 is 0 Å². The highest BCUT2D eigenvalue weighted by Gasteiger charge is 2.26. The molecule has 1 aliphatic heterocycles. The zero-order valence-electron chi connectivity index (χ0n) is 17.1. The number of amides is 1. The summed E-state index contributed by atoms with van der Waals surface area (Å²) < 4.78 is 29.2. The standard InChI is InChI=1S/C19H29N5O3S/c1-5-21(12-16-13-22(6-2)20-15(16)3)19(25)18-9-8-17-14-23(28(4,26)27)10-7-11-24(17)18/h8-9,13H,5-7,10-12,14H2,1-4H3. The van der Waals surface area contributed by atoms with Crippen molar-refractivity contribution in [3.8, 4) is 0 Å². The van der Waals surface area contributed by atoms with Crippen LogP contribution in [0.3, 0.4) is 0 Å². The summed E-state index contributed by atoms with van der Waals surface area (Å²) in [4.78, 5) is 15.0. The van der Waals surface area contributed by atoms with Crippen LogP contribution in [0.15, 0.2) is 18.3 Å². The Morgan fingerprint density at radius 1 is 1.25 bits per heavy atom. The van der Waals surface area contributed by atoms with E-state index in [1.54, 1.807) is 0 Å². The third-order valence-corrected chi connectivity index (χ3v) is 6.54. The molecule has 0 fully saturated rings. The van der Waals surface area contributed by atoms with Gasteiger partial charge in [0.2, 0.25) is 10.0 Å². The van der Waals surface area contributed by atoms with Gasteiger partial charge < -0.3 is 9.47 Å². The number of carbonyl (C=O) groups excluding carboxylic acids is 1. The molecule has 0 aromatic carbocycles. The molecule has 0 radical (unpaired) electrons. The first kappa shape index (κ1) is 20.6. The Kier molecular flexibility index (Phi) is 5.95. The quantitative estimate of drug-likeness (QED) is 0.732. The highest BCUT2D eigenvalue weighted by atomic mass is 32.2. The molecule has 0 atom stereocenters. The second-order valence-corrected chi connectivity index (χ2v) is 9.21. The number of nitrogens with zero attached hydrogens (tertiary/aromatic N) is 5. The van der Waals surface area contributed by atoms with E-state index in [1.165, 1.54) is 10.6 Å². The maximum Gasteiger partial charge on any atom is 0.270 e. The summed E-state index contributed by atoms with van der Waals surface area (Å²) in [5.74, 6) is -0.0368. The van der Waals surface area contributed by atoms with Crippen LogP contribution in [0.2, 0.25) is 0 Å². The first-order chi connectivity index (χ1) is 13.2. The van der Waals surface area contributed by atoms with Crippen molar-refractivity contribution in [2.75, 3.05) is 19.3 Å². The Morgan fingerprint density at radius 3 is 2.61 bits per heavy atom. The second-order valence-electron chi connectivity index (χ2n) is 7.23. The minimum atomic E-state index is -3.25. The lowest BCUT2D eigenvalue weighted by Crippen LogP contribution is -2.32. The van der Waals surface area contributed by atoms with Gasteiger partial charge in [0.1, 0.15) is 5.69 Å². The number of rotatable bonds is 6. The van der Waals surface area contributed by atoms with Crippen LogP contribution in [0.4, 0.5) is 0 Å². The lowest BCUT2D eigenvalue weighted by molar-refractivity contribution is 0.0741. The number of aryl methyl sites for hydroxylation is 2. The fraction of sp³-hybridized carbons (Fsp3) is 0.579. The van der Waals surface area contributed by atoms with Crippen molar-refractivity contribution in [1.82, 2.24) is 23.6 Å². The van der Waals surface area contributed by atoms with E-state index in [1.807, 2.05) is 53.2 Å². The number of aromatic nitrogens is 3. The third-order valence-electron chi connectivity index (χ3n) is 5.29. The van der Waals surface area contributed by atoms with Crippen molar-refractivity contribution in [2.45, 2.75) is 53.4 Å². The Morgan fingerprint density at radius 2 is 2.00 bits per heavy atom. The van der Waals surface area contributed by atoms with Gasteiger partial charge in [-0.2, -0.15) is 9.40 Å². The fourth-order valence-corrected chi connectivity index (χ4v) is 4.45. The van der Waals surface area contributed by atoms with Gasteiger partial charge in [-0.15, -0.1) is 0 Å². The first-order valence-electron chi connectivity index (χ1n) is 9.70. The molecule has 0 unspecified atom stereocenters. The van der Waals surface area contributed by atoms with Crippen LogP contribution >= 0.6 is 0 Å². The summed E-state index contributed by atoms with van der Waals surface area (Å²) >= 11 is 0. The van der Waals surface area contributed by atoms with Crippen LogP contribution in [0.1, 0.15) is 47.7 Å². The lowest BCUT2D eigenvalue weighted by Gasteiger charge is -2.22. The molecule has 0 bridgehead atoms. The molecular weight excluding hydrogens is 378 g/mol. The van der Waals surface area contributed by atoms with Crippen LogP contribution in [0.5, 0.6) is 0 Å². The first-order valence-corrected chi connectivity index (χ1v) is 11.5. The average molecular weight is 408 g/mol. The SMILES string of the molecule is CCN(Cc1cn(CC)nc1C)C(=O)c1ccc2n1CCCN(S(C)(=O)=O)C2. The van der Waals surface area contributed by atoms with Crippen LogP contribution in [-0.4, -0.2) is 57.2 Å². The molecule has 0 N–H and O–H groups in total. The second kappa shape index (κ2) is 8.08. The van der Waals surface area contributed by atoms with Gasteiger partial charge in [0.15, 0.2) is 0 Å². The minimum Gasteiger partial charge on any atom is -0.339 e. The van der Waals surface area contributed by atoms with E-state index < -0.39 is 10.0 Å². The summed E-state index contributed by atoms with van der Waals surface area (Å²) in [6, 6.07) is 3.68. The number of carbonyl (C=O) groups is 1. The van der Waals surface area contributed by atoms with Crippen molar-refractivity contribution in [2.24, 2.45) is 0 Å². The molecule has 0 aliphatic carbocycles. The van der Waals surface area contributed by atoms with Crippen molar-refractivity contribution >= 4 is 15.9 Å². The van der Waals surface area contributed by atoms with Crippen molar-refractivity contribution in [3.63, 3.8) is 0 Å². The van der Waals surface area contributed by atoms with E-state index in [4.69, 9.17) is 0 Å². The van der Waals surface area contributed by atoms with Gasteiger partial charge in [0, 0.05) is 50.2 Å². The van der Waals surface area contributed by atoms with E-state index in [0.29, 0.717) is 44.8 Å². The summed E-state index contributed by atoms with van der Waals surface area (Å²) in [5.41, 5.74) is 3.46. The van der Waals surface area contributed by atoms with Crippen molar-refractivity contribution in [3.05, 3.63) is 41.0 Å². The summed E-state index contributed by atoms with van der Waals surface area (Å²) in [6.45, 7) is 9.28. The molecule has 3 heterocycles. The van der Waals surface area contributed by atoms with Gasteiger partial charge in [-0.25, -0.2) is 8.42 Å². The van der Waals surface area contributed by atoms with Crippen LogP contribution < -0.4 is 0 Å². The van der Waals surface area contributed by atoms with Gasteiger partial charge in [-0.05, 0) is 39.3 Å². The molecule has 2 aromatic rings. The van der Waals surface area contributed by atoms with E-state index in [-0.39, 0.29) is 5.91 Å². The van der Waals surface area contributed by atoms with Gasteiger partial charge in [0.05, 0.1) is 18.5 Å². The highest BCUT2D eigenvalue weighted by Crippen LogP contribution is 2.21. The number of sulfonamides is 1. The molecule has 9 heteroatoms. The monoisotopic (exact) mass is 407 g/mol. The summed E-state index contributed by atoms with van der Waals surface area (Å²) in [7, 11) is -3.25. The molecule has 0 saturated carbocycles. The van der Waals surface area contributed by atoms with E-state index in [0.717, 1.165) is 23.5 Å². The molecule has 154 valence electrons. The number of hydrogen-bond acceptors (Lipinski definition) is 4. The molecule has 2 aromatic heterocycles. The maximum atomic E-state index is 13.2. The minimum absolute atomic E-state index is 0.0368. The zero-order chi connectivity index (χ0) is 20.5. The Hall–Kier alpha value is -2.13. The molecule has 8 nitrogen and oxygen atoms in total. The van der Waals surface area contributed by atoms with Gasteiger partial charge in [-0.3, -0.25) is 9.48 Å². The Labute approximate surface area is 166 Å². The lowest BCUT2D eigenvalue weighted by atomic mass is 10.2. The Balaban J connectivity index is 1.84. The molecule has 3 rings (SSSR count). The normalized spacial score (nSPS) is 15.3. The number of fused-ring (bicyclic) bond motifs is 1. The molecule has 28 heavy (non-hydrogen) atoms. The Bertz CT molecular complexity index is 960. The summed E-state index contributed by atoms with van der Waals surface area (Å²) in [6.07, 6.45) is 3.91. The van der Waals surface area contributed by atoms with Crippen LogP contribution in [-0.2, 0) is 36.2 Å². The molecule has 0 saturated heterocycles. The van der Waals surface area contributed by atoms with Crippen LogP contribution in [0, 0.1) is 6.92 Å². The van der Waals surface area contributed by atoms with E-state index in [9.17, 15) is 13.2 Å². The van der Waals surface area contributed by atoms with Gasteiger partial charge in [-0.1, -0.05) is 0 Å².